The third kappa shape index (κ3) is 4.25. The number of anilines is 1. The minimum atomic E-state index is -0.998. The quantitative estimate of drug-likeness (QED) is 0.330. The van der Waals surface area contributed by atoms with Crippen molar-refractivity contribution in [1.29, 1.82) is 0 Å². The molecule has 3 heterocycles. The second-order valence-corrected chi connectivity index (χ2v) is 8.51. The van der Waals surface area contributed by atoms with Crippen LogP contribution in [0.3, 0.4) is 0 Å². The average molecular weight is 502 g/mol. The Hall–Kier alpha value is -4.37. The monoisotopic (exact) mass is 501 g/mol. The largest absolute Gasteiger partial charge is 0.497 e. The molecule has 0 aliphatic carbocycles. The molecular formula is C27H23N3O5S. The molecule has 0 spiro atoms. The van der Waals surface area contributed by atoms with Crippen molar-refractivity contribution in [3.05, 3.63) is 96.0 Å². The number of carbonyl (C=O) groups is 1. The first kappa shape index (κ1) is 23.4. The molecule has 0 saturated carbocycles. The lowest BCUT2D eigenvalue weighted by Crippen LogP contribution is -2.29. The van der Waals surface area contributed by atoms with Gasteiger partial charge in [-0.05, 0) is 60.7 Å². The van der Waals surface area contributed by atoms with Crippen molar-refractivity contribution in [2.24, 2.45) is 0 Å². The number of nitrogens with zero attached hydrogens (tertiary/aromatic N) is 2. The molecule has 1 saturated heterocycles. The summed E-state index contributed by atoms with van der Waals surface area (Å²) in [4.78, 5) is 18.0. The molecular weight excluding hydrogens is 478 g/mol. The van der Waals surface area contributed by atoms with Crippen molar-refractivity contribution >= 4 is 29.0 Å². The molecule has 2 N–H and O–H groups in total. The maximum atomic E-state index is 11.5. The number of pyridine rings is 1. The van der Waals surface area contributed by atoms with Crippen LogP contribution < -0.4 is 19.7 Å². The molecule has 1 aliphatic rings. The van der Waals surface area contributed by atoms with E-state index in [4.69, 9.17) is 26.1 Å². The highest BCUT2D eigenvalue weighted by atomic mass is 32.1. The van der Waals surface area contributed by atoms with E-state index in [1.165, 1.54) is 0 Å². The van der Waals surface area contributed by atoms with Crippen molar-refractivity contribution in [1.82, 2.24) is 10.3 Å². The van der Waals surface area contributed by atoms with Crippen LogP contribution in [0.4, 0.5) is 5.69 Å². The van der Waals surface area contributed by atoms with Gasteiger partial charge in [0.1, 0.15) is 29.1 Å². The molecule has 36 heavy (non-hydrogen) atoms. The van der Waals surface area contributed by atoms with Crippen molar-refractivity contribution in [3.8, 4) is 22.8 Å². The standard InChI is InChI=1S/C27H23N3O5S/c1-33-18-9-10-20(23(15-18)34-2)30-25(24(29-27(30)36)19-8-3-4-13-28-19)22-12-11-21(35-22)16-6-5-7-17(14-16)26(31)32/h3-15,24-25H,1-2H3,(H,29,36)(H,31,32)/t24-,25-/m0/s1. The van der Waals surface area contributed by atoms with Gasteiger partial charge in [-0.25, -0.2) is 4.79 Å². The number of carboxylic acid groups (broad SMARTS) is 1. The zero-order valence-corrected chi connectivity index (χ0v) is 20.4. The maximum absolute atomic E-state index is 11.5. The van der Waals surface area contributed by atoms with Gasteiger partial charge < -0.3 is 29.2 Å². The highest BCUT2D eigenvalue weighted by molar-refractivity contribution is 7.80. The summed E-state index contributed by atoms with van der Waals surface area (Å²) in [5.74, 6) is 1.43. The third-order valence-corrected chi connectivity index (χ3v) is 6.37. The first-order valence-corrected chi connectivity index (χ1v) is 11.6. The molecule has 9 heteroatoms. The second-order valence-electron chi connectivity index (χ2n) is 8.12. The van der Waals surface area contributed by atoms with E-state index >= 15 is 0 Å². The number of aromatic nitrogens is 1. The molecule has 0 amide bonds. The van der Waals surface area contributed by atoms with Gasteiger partial charge in [-0.15, -0.1) is 0 Å². The van der Waals surface area contributed by atoms with E-state index in [-0.39, 0.29) is 11.6 Å². The lowest BCUT2D eigenvalue weighted by atomic mass is 10.0. The predicted molar refractivity (Wildman–Crippen MR) is 139 cm³/mol. The zero-order valence-electron chi connectivity index (χ0n) is 19.5. The first-order chi connectivity index (χ1) is 17.5. The lowest BCUT2D eigenvalue weighted by molar-refractivity contribution is 0.0697. The van der Waals surface area contributed by atoms with Crippen LogP contribution in [0.2, 0.25) is 0 Å². The van der Waals surface area contributed by atoms with Crippen LogP contribution in [0, 0.1) is 0 Å². The van der Waals surface area contributed by atoms with Crippen LogP contribution in [-0.2, 0) is 0 Å². The van der Waals surface area contributed by atoms with Gasteiger partial charge in [0, 0.05) is 17.8 Å². The summed E-state index contributed by atoms with van der Waals surface area (Å²) in [7, 11) is 3.19. The van der Waals surface area contributed by atoms with Crippen molar-refractivity contribution in [2.75, 3.05) is 19.1 Å². The van der Waals surface area contributed by atoms with Gasteiger partial charge in [0.2, 0.25) is 0 Å². The Morgan fingerprint density at radius 1 is 1.06 bits per heavy atom. The minimum absolute atomic E-state index is 0.185. The minimum Gasteiger partial charge on any atom is -0.497 e. The smallest absolute Gasteiger partial charge is 0.335 e. The molecule has 0 unspecified atom stereocenters. The first-order valence-electron chi connectivity index (χ1n) is 11.2. The zero-order chi connectivity index (χ0) is 25.2. The summed E-state index contributed by atoms with van der Waals surface area (Å²) in [6.45, 7) is 0. The van der Waals surface area contributed by atoms with Crippen LogP contribution >= 0.6 is 12.2 Å². The summed E-state index contributed by atoms with van der Waals surface area (Å²) in [6, 6.07) is 20.9. The van der Waals surface area contributed by atoms with Crippen molar-refractivity contribution in [2.45, 2.75) is 12.1 Å². The number of benzene rings is 2. The Morgan fingerprint density at radius 2 is 1.92 bits per heavy atom. The highest BCUT2D eigenvalue weighted by Gasteiger charge is 2.43. The summed E-state index contributed by atoms with van der Waals surface area (Å²) in [6.07, 6.45) is 1.73. The fourth-order valence-electron chi connectivity index (χ4n) is 4.36. The van der Waals surface area contributed by atoms with E-state index in [1.807, 2.05) is 53.4 Å². The second kappa shape index (κ2) is 9.71. The van der Waals surface area contributed by atoms with Crippen LogP contribution in [0.1, 0.15) is 33.9 Å². The number of nitrogens with one attached hydrogen (secondary N) is 1. The van der Waals surface area contributed by atoms with Crippen LogP contribution in [0.25, 0.3) is 11.3 Å². The number of rotatable bonds is 7. The van der Waals surface area contributed by atoms with Crippen LogP contribution in [-0.4, -0.2) is 35.4 Å². The Balaban J connectivity index is 1.62. The molecule has 0 radical (unpaired) electrons. The van der Waals surface area contributed by atoms with Gasteiger partial charge >= 0.3 is 5.97 Å². The van der Waals surface area contributed by atoms with Gasteiger partial charge in [0.15, 0.2) is 5.11 Å². The summed E-state index contributed by atoms with van der Waals surface area (Å²) in [5.41, 5.74) is 2.39. The van der Waals surface area contributed by atoms with Crippen LogP contribution in [0.5, 0.6) is 11.5 Å². The van der Waals surface area contributed by atoms with E-state index in [0.29, 0.717) is 33.7 Å². The van der Waals surface area contributed by atoms with Gasteiger partial charge in [0.05, 0.1) is 37.2 Å². The number of hydrogen-bond donors (Lipinski definition) is 2. The molecule has 2 aromatic carbocycles. The normalized spacial score (nSPS) is 17.1. The number of aromatic carboxylic acids is 1. The Bertz CT molecular complexity index is 1420. The molecule has 1 fully saturated rings. The molecule has 4 aromatic rings. The van der Waals surface area contributed by atoms with E-state index in [0.717, 1.165) is 11.4 Å². The van der Waals surface area contributed by atoms with Crippen LogP contribution in [0.15, 0.2) is 83.4 Å². The molecule has 1 aliphatic heterocycles. The fraction of sp³-hybridized carbons (Fsp3) is 0.148. The van der Waals surface area contributed by atoms with E-state index in [1.54, 1.807) is 44.7 Å². The van der Waals surface area contributed by atoms with Crippen molar-refractivity contribution < 1.29 is 23.8 Å². The van der Waals surface area contributed by atoms with Gasteiger partial charge in [0.25, 0.3) is 0 Å². The number of hydrogen-bond acceptors (Lipinski definition) is 6. The van der Waals surface area contributed by atoms with E-state index in [2.05, 4.69) is 10.3 Å². The Morgan fingerprint density at radius 3 is 2.64 bits per heavy atom. The molecule has 8 nitrogen and oxygen atoms in total. The van der Waals surface area contributed by atoms with Gasteiger partial charge in [-0.1, -0.05) is 18.2 Å². The predicted octanol–water partition coefficient (Wildman–Crippen LogP) is 5.23. The lowest BCUT2D eigenvalue weighted by Gasteiger charge is -2.27. The highest BCUT2D eigenvalue weighted by Crippen LogP contribution is 2.46. The van der Waals surface area contributed by atoms with Gasteiger partial charge in [-0.3, -0.25) is 4.98 Å². The fourth-order valence-corrected chi connectivity index (χ4v) is 4.70. The molecule has 182 valence electrons. The third-order valence-electron chi connectivity index (χ3n) is 6.06. The van der Waals surface area contributed by atoms with Gasteiger partial charge in [-0.2, -0.15) is 0 Å². The SMILES string of the molecule is COc1ccc(N2C(=S)N[C@@H](c3ccccn3)[C@@H]2c2ccc(-c3cccc(C(=O)O)c3)o2)c(OC)c1. The number of ether oxygens (including phenoxy) is 2. The molecule has 5 rings (SSSR count). The number of methoxy groups -OCH3 is 2. The topological polar surface area (TPSA) is 97.1 Å². The average Bonchev–Trinajstić information content (AvgIpc) is 3.53. The van der Waals surface area contributed by atoms with Crippen molar-refractivity contribution in [3.63, 3.8) is 0 Å². The van der Waals surface area contributed by atoms with E-state index < -0.39 is 12.0 Å². The number of carboxylic acids is 1. The molecule has 2 atom stereocenters. The molecule has 0 bridgehead atoms. The molecule has 2 aromatic heterocycles. The summed E-state index contributed by atoms with van der Waals surface area (Å²) >= 11 is 5.78. The Labute approximate surface area is 213 Å². The van der Waals surface area contributed by atoms with E-state index in [9.17, 15) is 9.90 Å². The Kier molecular flexibility index (Phi) is 6.30. The number of thiocarbonyl (C=S) groups is 1. The maximum Gasteiger partial charge on any atom is 0.335 e. The summed E-state index contributed by atoms with van der Waals surface area (Å²) in [5, 5.41) is 13.3. The number of furan rings is 1. The summed E-state index contributed by atoms with van der Waals surface area (Å²) < 4.78 is 17.4.